The molecule has 3 rings (SSSR count). The van der Waals surface area contributed by atoms with Crippen molar-refractivity contribution in [2.24, 2.45) is 5.73 Å². The van der Waals surface area contributed by atoms with Gasteiger partial charge in [0, 0.05) is 6.04 Å². The van der Waals surface area contributed by atoms with Crippen molar-refractivity contribution in [2.75, 3.05) is 0 Å². The summed E-state index contributed by atoms with van der Waals surface area (Å²) in [4.78, 5) is 0. The van der Waals surface area contributed by atoms with Crippen LogP contribution in [0.2, 0.25) is 0 Å². The molecule has 0 radical (unpaired) electrons. The molecule has 92 valence electrons. The highest BCUT2D eigenvalue weighted by Gasteiger charge is 2.26. The highest BCUT2D eigenvalue weighted by Crippen LogP contribution is 2.37. The highest BCUT2D eigenvalue weighted by atomic mass is 14.6. The Balaban J connectivity index is 1.59. The van der Waals surface area contributed by atoms with Crippen LogP contribution in [0.4, 0.5) is 0 Å². The molecule has 1 aliphatic carbocycles. The summed E-state index contributed by atoms with van der Waals surface area (Å²) in [6.07, 6.45) is 3.30. The van der Waals surface area contributed by atoms with Crippen LogP contribution in [-0.2, 0) is 12.8 Å². The van der Waals surface area contributed by atoms with Crippen LogP contribution in [0.25, 0.3) is 0 Å². The van der Waals surface area contributed by atoms with E-state index in [2.05, 4.69) is 54.6 Å². The third-order valence-corrected chi connectivity index (χ3v) is 3.89. The van der Waals surface area contributed by atoms with E-state index >= 15 is 0 Å². The van der Waals surface area contributed by atoms with E-state index in [0.717, 1.165) is 12.8 Å². The molecule has 0 saturated carbocycles. The van der Waals surface area contributed by atoms with Gasteiger partial charge in [0.05, 0.1) is 0 Å². The first-order valence-electron chi connectivity index (χ1n) is 6.70. The zero-order valence-corrected chi connectivity index (χ0v) is 10.5. The number of fused-ring (bicyclic) bond motifs is 1. The van der Waals surface area contributed by atoms with Crippen LogP contribution in [0.15, 0.2) is 54.6 Å². The molecule has 18 heavy (non-hydrogen) atoms. The lowest BCUT2D eigenvalue weighted by molar-refractivity contribution is 0.484. The first kappa shape index (κ1) is 11.5. The predicted octanol–water partition coefficient (Wildman–Crippen LogP) is 3.29. The van der Waals surface area contributed by atoms with Gasteiger partial charge in [-0.05, 0) is 41.9 Å². The van der Waals surface area contributed by atoms with Gasteiger partial charge in [-0.15, -0.1) is 0 Å². The highest BCUT2D eigenvalue weighted by molar-refractivity contribution is 5.40. The summed E-state index contributed by atoms with van der Waals surface area (Å²) in [6.45, 7) is 0. The molecule has 0 spiro atoms. The summed E-state index contributed by atoms with van der Waals surface area (Å²) >= 11 is 0. The molecule has 0 saturated heterocycles. The van der Waals surface area contributed by atoms with Crippen molar-refractivity contribution >= 4 is 0 Å². The molecule has 1 nitrogen and oxygen atoms in total. The number of hydrogen-bond donors (Lipinski definition) is 1. The second-order valence-corrected chi connectivity index (χ2v) is 5.29. The zero-order chi connectivity index (χ0) is 12.4. The first-order chi connectivity index (χ1) is 8.83. The molecule has 0 bridgehead atoms. The van der Waals surface area contributed by atoms with Crippen LogP contribution in [0, 0.1) is 0 Å². The summed E-state index contributed by atoms with van der Waals surface area (Å²) in [6, 6.07) is 19.5. The molecule has 0 aliphatic heterocycles. The minimum atomic E-state index is 0.269. The average Bonchev–Trinajstić information content (AvgIpc) is 2.37. The van der Waals surface area contributed by atoms with Gasteiger partial charge < -0.3 is 5.73 Å². The zero-order valence-electron chi connectivity index (χ0n) is 10.5. The van der Waals surface area contributed by atoms with Crippen molar-refractivity contribution in [1.29, 1.82) is 0 Å². The Bertz CT molecular complexity index is 518. The van der Waals surface area contributed by atoms with E-state index in [1.54, 1.807) is 0 Å². The molecule has 0 amide bonds. The van der Waals surface area contributed by atoms with E-state index in [9.17, 15) is 0 Å². The molecule has 2 aromatic carbocycles. The fraction of sp³-hybridized carbons (Fsp3) is 0.294. The van der Waals surface area contributed by atoms with Gasteiger partial charge in [0.1, 0.15) is 0 Å². The number of nitrogens with two attached hydrogens (primary N) is 1. The fourth-order valence-electron chi connectivity index (χ4n) is 2.94. The Labute approximate surface area is 109 Å². The maximum atomic E-state index is 6.27. The molecule has 2 atom stereocenters. The molecule has 0 aromatic heterocycles. The largest absolute Gasteiger partial charge is 0.327 e. The quantitative estimate of drug-likeness (QED) is 0.867. The van der Waals surface area contributed by atoms with Crippen molar-refractivity contribution in [1.82, 2.24) is 0 Å². The lowest BCUT2D eigenvalue weighted by atomic mass is 9.74. The third-order valence-electron chi connectivity index (χ3n) is 3.89. The summed E-state index contributed by atoms with van der Waals surface area (Å²) in [7, 11) is 0. The second kappa shape index (κ2) is 4.95. The van der Waals surface area contributed by atoms with Gasteiger partial charge >= 0.3 is 0 Å². The maximum absolute atomic E-state index is 6.27. The lowest BCUT2D eigenvalue weighted by Gasteiger charge is -2.32. The summed E-state index contributed by atoms with van der Waals surface area (Å²) in [5.41, 5.74) is 10.6. The minimum absolute atomic E-state index is 0.269. The van der Waals surface area contributed by atoms with E-state index in [1.807, 2.05) is 0 Å². The normalized spacial score (nSPS) is 18.8. The number of hydrogen-bond acceptors (Lipinski definition) is 1. The van der Waals surface area contributed by atoms with E-state index in [4.69, 9.17) is 5.73 Å². The topological polar surface area (TPSA) is 26.0 Å². The molecule has 0 heterocycles. The first-order valence-corrected chi connectivity index (χ1v) is 6.70. The molecule has 0 fully saturated rings. The van der Waals surface area contributed by atoms with Crippen LogP contribution < -0.4 is 5.73 Å². The van der Waals surface area contributed by atoms with Gasteiger partial charge in [-0.3, -0.25) is 0 Å². The van der Waals surface area contributed by atoms with Crippen LogP contribution >= 0.6 is 0 Å². The molecular weight excluding hydrogens is 218 g/mol. The van der Waals surface area contributed by atoms with E-state index in [0.29, 0.717) is 5.92 Å². The lowest BCUT2D eigenvalue weighted by Crippen LogP contribution is -2.29. The Morgan fingerprint density at radius 1 is 1.00 bits per heavy atom. The van der Waals surface area contributed by atoms with E-state index < -0.39 is 0 Å². The van der Waals surface area contributed by atoms with Crippen molar-refractivity contribution in [2.45, 2.75) is 31.2 Å². The Morgan fingerprint density at radius 3 is 2.50 bits per heavy atom. The van der Waals surface area contributed by atoms with Crippen molar-refractivity contribution in [3.05, 3.63) is 71.3 Å². The van der Waals surface area contributed by atoms with Gasteiger partial charge in [0.2, 0.25) is 0 Å². The predicted molar refractivity (Wildman–Crippen MR) is 75.6 cm³/mol. The van der Waals surface area contributed by atoms with E-state index in [1.165, 1.54) is 23.1 Å². The van der Waals surface area contributed by atoms with Crippen molar-refractivity contribution < 1.29 is 0 Å². The Morgan fingerprint density at radius 2 is 1.72 bits per heavy atom. The Kier molecular flexibility index (Phi) is 3.16. The fourth-order valence-corrected chi connectivity index (χ4v) is 2.94. The molecular formula is C17H19N. The minimum Gasteiger partial charge on any atom is -0.327 e. The van der Waals surface area contributed by atoms with Gasteiger partial charge in [0.15, 0.2) is 0 Å². The van der Waals surface area contributed by atoms with Gasteiger partial charge in [-0.25, -0.2) is 0 Å². The molecule has 1 aliphatic rings. The third kappa shape index (κ3) is 2.32. The summed E-state index contributed by atoms with van der Waals surface area (Å²) < 4.78 is 0. The second-order valence-electron chi connectivity index (χ2n) is 5.29. The monoisotopic (exact) mass is 237 g/mol. The van der Waals surface area contributed by atoms with E-state index in [-0.39, 0.29) is 6.04 Å². The molecule has 2 aromatic rings. The number of benzene rings is 2. The van der Waals surface area contributed by atoms with Crippen LogP contribution in [0.1, 0.15) is 29.0 Å². The maximum Gasteiger partial charge on any atom is 0.00852 e. The Hall–Kier alpha value is -1.60. The smallest absolute Gasteiger partial charge is 0.00852 e. The van der Waals surface area contributed by atoms with Crippen LogP contribution in [0.3, 0.4) is 0 Å². The van der Waals surface area contributed by atoms with Gasteiger partial charge in [-0.1, -0.05) is 54.6 Å². The average molecular weight is 237 g/mol. The standard InChI is InChI=1S/C17H19N/c18-16(10-13-6-2-1-3-7-13)12-15-11-14-8-4-5-9-17(14)15/h1-9,15-16H,10-12,18H2. The summed E-state index contributed by atoms with van der Waals surface area (Å²) in [5.74, 6) is 0.680. The SMILES string of the molecule is NC(Cc1ccccc1)CC1Cc2ccccc21. The van der Waals surface area contributed by atoms with Crippen molar-refractivity contribution in [3.63, 3.8) is 0 Å². The van der Waals surface area contributed by atoms with Gasteiger partial charge in [-0.2, -0.15) is 0 Å². The summed E-state index contributed by atoms with van der Waals surface area (Å²) in [5, 5.41) is 0. The molecule has 2 unspecified atom stereocenters. The molecule has 1 heteroatoms. The molecule has 2 N–H and O–H groups in total. The van der Waals surface area contributed by atoms with Crippen LogP contribution in [-0.4, -0.2) is 6.04 Å². The van der Waals surface area contributed by atoms with Gasteiger partial charge in [0.25, 0.3) is 0 Å². The van der Waals surface area contributed by atoms with Crippen molar-refractivity contribution in [3.8, 4) is 0 Å². The number of rotatable bonds is 4. The van der Waals surface area contributed by atoms with Crippen LogP contribution in [0.5, 0.6) is 0 Å².